The van der Waals surface area contributed by atoms with E-state index in [1.807, 2.05) is 31.2 Å². The van der Waals surface area contributed by atoms with E-state index >= 15 is 0 Å². The van der Waals surface area contributed by atoms with Crippen molar-refractivity contribution in [2.24, 2.45) is 5.10 Å². The number of hydrogen-bond acceptors (Lipinski definition) is 3. The molecule has 3 aromatic rings. The lowest BCUT2D eigenvalue weighted by Gasteiger charge is -2.03. The van der Waals surface area contributed by atoms with Gasteiger partial charge in [0.2, 0.25) is 0 Å². The zero-order valence-corrected chi connectivity index (χ0v) is 13.8. The van der Waals surface area contributed by atoms with Crippen LogP contribution in [0.25, 0.3) is 10.9 Å². The van der Waals surface area contributed by atoms with E-state index in [1.54, 1.807) is 12.1 Å². The van der Waals surface area contributed by atoms with E-state index in [0.29, 0.717) is 10.7 Å². The van der Waals surface area contributed by atoms with Crippen LogP contribution in [0.5, 0.6) is 0 Å². The van der Waals surface area contributed by atoms with Crippen LogP contribution in [0.4, 0.5) is 0 Å². The molecule has 0 atom stereocenters. The van der Waals surface area contributed by atoms with Crippen molar-refractivity contribution in [1.29, 1.82) is 0 Å². The molecule has 0 aliphatic heterocycles. The fraction of sp³-hybridized carbons (Fsp3) is 0.0625. The molecule has 0 amide bonds. The Kier molecular flexibility index (Phi) is 4.11. The van der Waals surface area contributed by atoms with Crippen LogP contribution in [-0.4, -0.2) is 19.6 Å². The predicted molar refractivity (Wildman–Crippen MR) is 92.4 cm³/mol. The highest BCUT2D eigenvalue weighted by molar-refractivity contribution is 7.89. The third-order valence-electron chi connectivity index (χ3n) is 3.40. The molecule has 0 saturated heterocycles. The van der Waals surface area contributed by atoms with Crippen LogP contribution in [-0.2, 0) is 10.0 Å². The molecular formula is C16H14ClN3O2S. The number of aromatic amines is 1. The van der Waals surface area contributed by atoms with Crippen LogP contribution in [0.15, 0.2) is 58.5 Å². The summed E-state index contributed by atoms with van der Waals surface area (Å²) < 4.78 is 24.3. The van der Waals surface area contributed by atoms with Crippen LogP contribution in [0, 0.1) is 6.92 Å². The van der Waals surface area contributed by atoms with E-state index in [9.17, 15) is 8.42 Å². The smallest absolute Gasteiger partial charge is 0.276 e. The lowest BCUT2D eigenvalue weighted by atomic mass is 10.2. The third-order valence-corrected chi connectivity index (χ3v) is 4.93. The number of aromatic nitrogens is 1. The molecule has 23 heavy (non-hydrogen) atoms. The monoisotopic (exact) mass is 347 g/mol. The summed E-state index contributed by atoms with van der Waals surface area (Å²) in [6, 6.07) is 14.1. The maximum Gasteiger partial charge on any atom is 0.276 e. The highest BCUT2D eigenvalue weighted by atomic mass is 35.5. The standard InChI is InChI=1S/C16H14ClN3O2S/c1-11-6-8-12(9-7-11)23(21,22)20-18-10-14-13-4-2-3-5-15(13)19-16(14)17/h2-10,19-20H,1H3/b18-10+. The van der Waals surface area contributed by atoms with Gasteiger partial charge in [0.15, 0.2) is 0 Å². The largest absolute Gasteiger partial charge is 0.345 e. The molecular weight excluding hydrogens is 334 g/mol. The van der Waals surface area contributed by atoms with Crippen molar-refractivity contribution in [2.75, 3.05) is 0 Å². The predicted octanol–water partition coefficient (Wildman–Crippen LogP) is 3.44. The number of rotatable bonds is 4. The maximum absolute atomic E-state index is 12.2. The molecule has 0 aliphatic carbocycles. The summed E-state index contributed by atoms with van der Waals surface area (Å²) in [5.74, 6) is 0. The van der Waals surface area contributed by atoms with Gasteiger partial charge in [0.1, 0.15) is 5.15 Å². The van der Waals surface area contributed by atoms with Crippen molar-refractivity contribution < 1.29 is 8.42 Å². The Morgan fingerprint density at radius 3 is 2.57 bits per heavy atom. The molecule has 0 unspecified atom stereocenters. The first kappa shape index (κ1) is 15.6. The van der Waals surface area contributed by atoms with Crippen molar-refractivity contribution in [3.05, 3.63) is 64.8 Å². The number of fused-ring (bicyclic) bond motifs is 1. The fourth-order valence-electron chi connectivity index (χ4n) is 2.19. The summed E-state index contributed by atoms with van der Waals surface area (Å²) in [6.45, 7) is 1.89. The van der Waals surface area contributed by atoms with Gasteiger partial charge in [0.25, 0.3) is 10.0 Å². The molecule has 3 rings (SSSR count). The van der Waals surface area contributed by atoms with Crippen LogP contribution < -0.4 is 4.83 Å². The molecule has 5 nitrogen and oxygen atoms in total. The van der Waals surface area contributed by atoms with Crippen molar-refractivity contribution in [2.45, 2.75) is 11.8 Å². The summed E-state index contributed by atoms with van der Waals surface area (Å²) in [4.78, 5) is 5.36. The number of sulfonamides is 1. The highest BCUT2D eigenvalue weighted by Crippen LogP contribution is 2.24. The number of nitrogens with zero attached hydrogens (tertiary/aromatic N) is 1. The average Bonchev–Trinajstić information content (AvgIpc) is 2.84. The Morgan fingerprint density at radius 1 is 1.13 bits per heavy atom. The molecule has 2 N–H and O–H groups in total. The molecule has 0 spiro atoms. The summed E-state index contributed by atoms with van der Waals surface area (Å²) in [5.41, 5.74) is 2.48. The van der Waals surface area contributed by atoms with Gasteiger partial charge < -0.3 is 4.98 Å². The zero-order chi connectivity index (χ0) is 16.4. The zero-order valence-electron chi connectivity index (χ0n) is 12.2. The Morgan fingerprint density at radius 2 is 1.83 bits per heavy atom. The minimum Gasteiger partial charge on any atom is -0.345 e. The van der Waals surface area contributed by atoms with E-state index in [-0.39, 0.29) is 4.90 Å². The van der Waals surface area contributed by atoms with Gasteiger partial charge in [0.05, 0.1) is 11.1 Å². The normalized spacial score (nSPS) is 12.1. The Balaban J connectivity index is 1.85. The molecule has 0 saturated carbocycles. The Bertz CT molecular complexity index is 976. The summed E-state index contributed by atoms with van der Waals surface area (Å²) in [5, 5.41) is 5.11. The number of para-hydroxylation sites is 1. The van der Waals surface area contributed by atoms with Crippen LogP contribution >= 0.6 is 11.6 Å². The number of nitrogens with one attached hydrogen (secondary N) is 2. The molecule has 0 bridgehead atoms. The first-order valence-electron chi connectivity index (χ1n) is 6.85. The lowest BCUT2D eigenvalue weighted by molar-refractivity contribution is 0.584. The van der Waals surface area contributed by atoms with E-state index in [0.717, 1.165) is 16.5 Å². The van der Waals surface area contributed by atoms with Crippen molar-refractivity contribution in [1.82, 2.24) is 9.82 Å². The molecule has 0 radical (unpaired) electrons. The Hall–Kier alpha value is -2.31. The summed E-state index contributed by atoms with van der Waals surface area (Å²) in [7, 11) is -3.70. The molecule has 1 aromatic heterocycles. The van der Waals surface area contributed by atoms with Crippen molar-refractivity contribution in [3.63, 3.8) is 0 Å². The topological polar surface area (TPSA) is 74.3 Å². The third kappa shape index (κ3) is 3.23. The van der Waals surface area contributed by atoms with E-state index in [1.165, 1.54) is 18.3 Å². The number of hydrogen-bond donors (Lipinski definition) is 2. The SMILES string of the molecule is Cc1ccc(S(=O)(=O)N/N=C/c2c(Cl)[nH]c3ccccc23)cc1. The van der Waals surface area contributed by atoms with Gasteiger partial charge in [-0.15, -0.1) is 0 Å². The van der Waals surface area contributed by atoms with E-state index in [4.69, 9.17) is 11.6 Å². The lowest BCUT2D eigenvalue weighted by Crippen LogP contribution is -2.18. The van der Waals surface area contributed by atoms with Gasteiger partial charge in [0, 0.05) is 16.5 Å². The van der Waals surface area contributed by atoms with Gasteiger partial charge in [-0.2, -0.15) is 13.5 Å². The fourth-order valence-corrected chi connectivity index (χ4v) is 3.23. The second-order valence-corrected chi connectivity index (χ2v) is 7.10. The van der Waals surface area contributed by atoms with Crippen LogP contribution in [0.2, 0.25) is 5.15 Å². The minimum atomic E-state index is -3.70. The van der Waals surface area contributed by atoms with Crippen LogP contribution in [0.1, 0.15) is 11.1 Å². The van der Waals surface area contributed by atoms with Gasteiger partial charge in [-0.3, -0.25) is 0 Å². The van der Waals surface area contributed by atoms with Gasteiger partial charge in [-0.1, -0.05) is 47.5 Å². The number of aryl methyl sites for hydroxylation is 1. The van der Waals surface area contributed by atoms with Gasteiger partial charge in [-0.05, 0) is 25.1 Å². The minimum absolute atomic E-state index is 0.158. The van der Waals surface area contributed by atoms with E-state index in [2.05, 4.69) is 14.9 Å². The van der Waals surface area contributed by atoms with Crippen molar-refractivity contribution in [3.8, 4) is 0 Å². The van der Waals surface area contributed by atoms with Crippen molar-refractivity contribution >= 4 is 38.7 Å². The average molecular weight is 348 g/mol. The number of halogens is 1. The molecule has 0 aliphatic rings. The number of H-pyrrole nitrogens is 1. The summed E-state index contributed by atoms with van der Waals surface area (Å²) >= 11 is 6.13. The molecule has 2 aromatic carbocycles. The quantitative estimate of drug-likeness (QED) is 0.560. The molecule has 118 valence electrons. The second kappa shape index (κ2) is 6.06. The van der Waals surface area contributed by atoms with Crippen LogP contribution in [0.3, 0.4) is 0 Å². The molecule has 7 heteroatoms. The molecule has 1 heterocycles. The number of hydrazone groups is 1. The maximum atomic E-state index is 12.2. The van der Waals surface area contributed by atoms with Gasteiger partial charge >= 0.3 is 0 Å². The summed E-state index contributed by atoms with van der Waals surface area (Å²) in [6.07, 6.45) is 1.40. The Labute approximate surface area is 139 Å². The number of benzene rings is 2. The van der Waals surface area contributed by atoms with Gasteiger partial charge in [-0.25, -0.2) is 4.83 Å². The highest BCUT2D eigenvalue weighted by Gasteiger charge is 2.12. The van der Waals surface area contributed by atoms with E-state index < -0.39 is 10.0 Å². The second-order valence-electron chi connectivity index (χ2n) is 5.06. The molecule has 0 fully saturated rings. The first-order chi connectivity index (χ1) is 11.0. The first-order valence-corrected chi connectivity index (χ1v) is 8.71.